The summed E-state index contributed by atoms with van der Waals surface area (Å²) in [6, 6.07) is 0. The molecular weight excluding hydrogens is 170 g/mol. The fourth-order valence-corrected chi connectivity index (χ4v) is 1.35. The van der Waals surface area contributed by atoms with Gasteiger partial charge in [-0.3, -0.25) is 5.43 Å². The van der Waals surface area contributed by atoms with E-state index in [1.807, 2.05) is 0 Å². The predicted molar refractivity (Wildman–Crippen MR) is 54.9 cm³/mol. The molecule has 12 heavy (non-hydrogen) atoms. The minimum atomic E-state index is 0.215. The van der Waals surface area contributed by atoms with E-state index in [2.05, 4.69) is 42.7 Å². The maximum absolute atomic E-state index is 5.24. The van der Waals surface area contributed by atoms with Crippen molar-refractivity contribution in [3.8, 4) is 0 Å². The SMILES string of the molecule is CC1=CC(=NNC(N)=S)C(C)C1. The Morgan fingerprint density at radius 3 is 2.92 bits per heavy atom. The largest absolute Gasteiger partial charge is 0.375 e. The van der Waals surface area contributed by atoms with Crippen molar-refractivity contribution < 1.29 is 0 Å². The highest BCUT2D eigenvalue weighted by Crippen LogP contribution is 2.21. The summed E-state index contributed by atoms with van der Waals surface area (Å²) >= 11 is 4.64. The van der Waals surface area contributed by atoms with E-state index in [4.69, 9.17) is 5.73 Å². The van der Waals surface area contributed by atoms with Crippen LogP contribution in [0, 0.1) is 5.92 Å². The molecule has 3 nitrogen and oxygen atoms in total. The molecule has 3 N–H and O–H groups in total. The van der Waals surface area contributed by atoms with Crippen LogP contribution in [0.5, 0.6) is 0 Å². The van der Waals surface area contributed by atoms with Crippen LogP contribution in [0.25, 0.3) is 0 Å². The molecule has 0 saturated carbocycles. The van der Waals surface area contributed by atoms with Crippen LogP contribution in [0.4, 0.5) is 0 Å². The Balaban J connectivity index is 2.62. The van der Waals surface area contributed by atoms with Crippen molar-refractivity contribution in [2.75, 3.05) is 0 Å². The molecule has 1 rings (SSSR count). The first-order valence-corrected chi connectivity index (χ1v) is 4.30. The Hall–Kier alpha value is -0.900. The van der Waals surface area contributed by atoms with Gasteiger partial charge in [0.1, 0.15) is 0 Å². The van der Waals surface area contributed by atoms with Crippen molar-refractivity contribution in [2.24, 2.45) is 16.8 Å². The smallest absolute Gasteiger partial charge is 0.184 e. The van der Waals surface area contributed by atoms with Crippen molar-refractivity contribution in [1.82, 2.24) is 5.43 Å². The minimum absolute atomic E-state index is 0.215. The summed E-state index contributed by atoms with van der Waals surface area (Å²) in [7, 11) is 0. The van der Waals surface area contributed by atoms with E-state index in [9.17, 15) is 0 Å². The lowest BCUT2D eigenvalue weighted by molar-refractivity contribution is 0.779. The topological polar surface area (TPSA) is 50.4 Å². The van der Waals surface area contributed by atoms with Crippen LogP contribution in [0.1, 0.15) is 20.3 Å². The van der Waals surface area contributed by atoms with Crippen LogP contribution in [0.3, 0.4) is 0 Å². The first-order valence-electron chi connectivity index (χ1n) is 3.90. The first kappa shape index (κ1) is 9.19. The van der Waals surface area contributed by atoms with Gasteiger partial charge in [-0.2, -0.15) is 5.10 Å². The second-order valence-corrected chi connectivity index (χ2v) is 3.55. The zero-order chi connectivity index (χ0) is 9.14. The zero-order valence-corrected chi connectivity index (χ0v) is 8.11. The van der Waals surface area contributed by atoms with Gasteiger partial charge in [0.2, 0.25) is 0 Å². The number of hydrogen-bond donors (Lipinski definition) is 2. The Labute approximate surface area is 77.7 Å². The normalized spacial score (nSPS) is 25.7. The predicted octanol–water partition coefficient (Wildman–Crippen LogP) is 1.16. The molecule has 0 aliphatic heterocycles. The summed E-state index contributed by atoms with van der Waals surface area (Å²) in [6.45, 7) is 4.23. The number of thiocarbonyl (C=S) groups is 1. The standard InChI is InChI=1S/C8H13N3S/c1-5-3-6(2)7(4-5)10-11-8(9)12/h4,6H,3H2,1-2H3,(H3,9,11,12). The van der Waals surface area contributed by atoms with Gasteiger partial charge in [0.25, 0.3) is 0 Å². The molecule has 0 saturated heterocycles. The number of hydrogen-bond acceptors (Lipinski definition) is 2. The highest BCUT2D eigenvalue weighted by molar-refractivity contribution is 7.80. The molecule has 4 heteroatoms. The minimum Gasteiger partial charge on any atom is -0.375 e. The maximum atomic E-state index is 5.24. The van der Waals surface area contributed by atoms with Crippen molar-refractivity contribution >= 4 is 23.0 Å². The number of nitrogens with two attached hydrogens (primary N) is 1. The molecule has 66 valence electrons. The fourth-order valence-electron chi connectivity index (χ4n) is 1.30. The van der Waals surface area contributed by atoms with Gasteiger partial charge in [0.05, 0.1) is 5.71 Å². The molecule has 0 aromatic heterocycles. The number of rotatable bonds is 1. The van der Waals surface area contributed by atoms with Crippen LogP contribution in [0.2, 0.25) is 0 Å². The van der Waals surface area contributed by atoms with Gasteiger partial charge in [0.15, 0.2) is 5.11 Å². The van der Waals surface area contributed by atoms with E-state index in [1.54, 1.807) is 0 Å². The molecule has 1 aliphatic carbocycles. The summed E-state index contributed by atoms with van der Waals surface area (Å²) in [6.07, 6.45) is 3.15. The number of nitrogens with one attached hydrogen (secondary N) is 1. The Morgan fingerprint density at radius 1 is 1.83 bits per heavy atom. The van der Waals surface area contributed by atoms with Crippen molar-refractivity contribution in [3.05, 3.63) is 11.6 Å². The Bertz CT molecular complexity index is 255. The molecule has 0 aromatic rings. The van der Waals surface area contributed by atoms with Gasteiger partial charge in [0, 0.05) is 5.92 Å². The van der Waals surface area contributed by atoms with E-state index in [0.717, 1.165) is 12.1 Å². The quantitative estimate of drug-likeness (QED) is 0.474. The van der Waals surface area contributed by atoms with Crippen LogP contribution in [0.15, 0.2) is 16.8 Å². The lowest BCUT2D eigenvalue weighted by Gasteiger charge is -2.02. The molecule has 1 aliphatic rings. The summed E-state index contributed by atoms with van der Waals surface area (Å²) in [5.74, 6) is 0.479. The maximum Gasteiger partial charge on any atom is 0.184 e. The fraction of sp³-hybridized carbons (Fsp3) is 0.500. The van der Waals surface area contributed by atoms with Gasteiger partial charge in [-0.15, -0.1) is 0 Å². The molecule has 0 heterocycles. The summed E-state index contributed by atoms with van der Waals surface area (Å²) in [5.41, 5.74) is 10.2. The van der Waals surface area contributed by atoms with Gasteiger partial charge in [-0.1, -0.05) is 12.5 Å². The number of allylic oxidation sites excluding steroid dienone is 2. The highest BCUT2D eigenvalue weighted by Gasteiger charge is 2.16. The molecule has 0 fully saturated rings. The van der Waals surface area contributed by atoms with Crippen LogP contribution < -0.4 is 11.2 Å². The molecule has 0 radical (unpaired) electrons. The van der Waals surface area contributed by atoms with E-state index in [0.29, 0.717) is 5.92 Å². The van der Waals surface area contributed by atoms with Crippen molar-refractivity contribution in [1.29, 1.82) is 0 Å². The second-order valence-electron chi connectivity index (χ2n) is 3.11. The number of nitrogens with zero attached hydrogens (tertiary/aromatic N) is 1. The summed E-state index contributed by atoms with van der Waals surface area (Å²) in [5, 5.41) is 4.29. The molecule has 1 atom stereocenters. The zero-order valence-electron chi connectivity index (χ0n) is 7.29. The molecule has 0 bridgehead atoms. The van der Waals surface area contributed by atoms with Gasteiger partial charge < -0.3 is 5.73 Å². The Morgan fingerprint density at radius 2 is 2.50 bits per heavy atom. The third-order valence-electron chi connectivity index (χ3n) is 1.82. The van der Waals surface area contributed by atoms with E-state index in [-0.39, 0.29) is 5.11 Å². The molecule has 0 aromatic carbocycles. The molecule has 1 unspecified atom stereocenters. The molecule has 0 spiro atoms. The summed E-state index contributed by atoms with van der Waals surface area (Å²) < 4.78 is 0. The molecular formula is C8H13N3S. The van der Waals surface area contributed by atoms with Gasteiger partial charge >= 0.3 is 0 Å². The van der Waals surface area contributed by atoms with Crippen LogP contribution >= 0.6 is 12.2 Å². The van der Waals surface area contributed by atoms with Gasteiger partial charge in [-0.25, -0.2) is 0 Å². The highest BCUT2D eigenvalue weighted by atomic mass is 32.1. The van der Waals surface area contributed by atoms with E-state index >= 15 is 0 Å². The van der Waals surface area contributed by atoms with Crippen molar-refractivity contribution in [2.45, 2.75) is 20.3 Å². The monoisotopic (exact) mass is 183 g/mol. The third kappa shape index (κ3) is 2.30. The third-order valence-corrected chi connectivity index (χ3v) is 1.91. The Kier molecular flexibility index (Phi) is 2.81. The van der Waals surface area contributed by atoms with E-state index < -0.39 is 0 Å². The summed E-state index contributed by atoms with van der Waals surface area (Å²) in [4.78, 5) is 0. The van der Waals surface area contributed by atoms with Crippen LogP contribution in [-0.4, -0.2) is 10.8 Å². The second kappa shape index (κ2) is 3.67. The molecule has 0 amide bonds. The van der Waals surface area contributed by atoms with Gasteiger partial charge in [-0.05, 0) is 31.6 Å². The first-order chi connectivity index (χ1) is 5.59. The lowest BCUT2D eigenvalue weighted by Crippen LogP contribution is -2.25. The number of hydrazone groups is 1. The van der Waals surface area contributed by atoms with Crippen molar-refractivity contribution in [3.63, 3.8) is 0 Å². The average molecular weight is 183 g/mol. The van der Waals surface area contributed by atoms with Crippen LogP contribution in [-0.2, 0) is 0 Å². The average Bonchev–Trinajstić information content (AvgIpc) is 2.26. The lowest BCUT2D eigenvalue weighted by atomic mass is 10.1. The van der Waals surface area contributed by atoms with E-state index in [1.165, 1.54) is 5.57 Å².